The number of carboxylic acids is 1. The molecule has 3 nitrogen and oxygen atoms in total. The quantitative estimate of drug-likeness (QED) is 0.801. The first-order chi connectivity index (χ1) is 8.06. The zero-order valence-electron chi connectivity index (χ0n) is 10.2. The number of aryl methyl sites for hydroxylation is 1. The van der Waals surface area contributed by atoms with Gasteiger partial charge in [0, 0.05) is 0 Å². The molecule has 0 radical (unpaired) electrons. The van der Waals surface area contributed by atoms with Crippen LogP contribution in [-0.2, 0) is 4.79 Å². The van der Waals surface area contributed by atoms with Gasteiger partial charge < -0.3 is 10.4 Å². The lowest BCUT2D eigenvalue weighted by molar-refractivity contribution is -0.138. The maximum Gasteiger partial charge on any atom is 0.326 e. The van der Waals surface area contributed by atoms with Gasteiger partial charge in [0.25, 0.3) is 0 Å². The highest BCUT2D eigenvalue weighted by molar-refractivity contribution is 5.77. The third kappa shape index (κ3) is 3.73. The van der Waals surface area contributed by atoms with Crippen molar-refractivity contribution >= 4 is 11.7 Å². The van der Waals surface area contributed by atoms with Crippen LogP contribution in [0.15, 0.2) is 18.2 Å². The number of carbonyl (C=O) groups is 1. The summed E-state index contributed by atoms with van der Waals surface area (Å²) < 4.78 is 13.5. The number of rotatable bonds is 6. The van der Waals surface area contributed by atoms with Gasteiger partial charge in [0.2, 0.25) is 0 Å². The van der Waals surface area contributed by atoms with Crippen LogP contribution in [0.25, 0.3) is 0 Å². The molecular weight excluding hydrogens is 221 g/mol. The van der Waals surface area contributed by atoms with Gasteiger partial charge >= 0.3 is 5.97 Å². The fraction of sp³-hybridized carbons (Fsp3) is 0.462. The molecule has 0 bridgehead atoms. The van der Waals surface area contributed by atoms with Crippen LogP contribution < -0.4 is 5.32 Å². The molecular formula is C13H18FNO2. The summed E-state index contributed by atoms with van der Waals surface area (Å²) in [4.78, 5) is 11.0. The fourth-order valence-electron chi connectivity index (χ4n) is 1.65. The van der Waals surface area contributed by atoms with Gasteiger partial charge in [-0.3, -0.25) is 0 Å². The third-order valence-corrected chi connectivity index (χ3v) is 2.68. The second-order valence-corrected chi connectivity index (χ2v) is 4.11. The highest BCUT2D eigenvalue weighted by Gasteiger charge is 2.18. The monoisotopic (exact) mass is 239 g/mol. The number of unbranched alkanes of at least 4 members (excludes halogenated alkanes) is 1. The minimum atomic E-state index is -0.943. The average Bonchev–Trinajstić information content (AvgIpc) is 2.27. The number of hydrogen-bond acceptors (Lipinski definition) is 2. The molecule has 0 aliphatic heterocycles. The second-order valence-electron chi connectivity index (χ2n) is 4.11. The first-order valence-corrected chi connectivity index (χ1v) is 5.80. The van der Waals surface area contributed by atoms with Crippen molar-refractivity contribution in [3.63, 3.8) is 0 Å². The number of aliphatic carboxylic acids is 1. The minimum absolute atomic E-state index is 0.288. The van der Waals surface area contributed by atoms with Crippen LogP contribution in [0.2, 0.25) is 0 Å². The normalized spacial score (nSPS) is 12.2. The van der Waals surface area contributed by atoms with E-state index in [9.17, 15) is 9.18 Å². The Labute approximate surface area is 101 Å². The number of halogens is 1. The molecule has 1 atom stereocenters. The van der Waals surface area contributed by atoms with Crippen molar-refractivity contribution in [2.75, 3.05) is 5.32 Å². The molecule has 0 saturated heterocycles. The number of anilines is 1. The van der Waals surface area contributed by atoms with E-state index in [1.165, 1.54) is 6.07 Å². The van der Waals surface area contributed by atoms with Crippen LogP contribution in [0.5, 0.6) is 0 Å². The van der Waals surface area contributed by atoms with Crippen LogP contribution in [0.4, 0.5) is 10.1 Å². The van der Waals surface area contributed by atoms with Crippen LogP contribution in [0, 0.1) is 12.7 Å². The van der Waals surface area contributed by atoms with Crippen LogP contribution >= 0.6 is 0 Å². The Morgan fingerprint density at radius 2 is 2.24 bits per heavy atom. The van der Waals surface area contributed by atoms with Gasteiger partial charge in [-0.05, 0) is 25.0 Å². The molecule has 0 aliphatic rings. The number of carboxylic acid groups (broad SMARTS) is 1. The molecule has 1 aromatic carbocycles. The van der Waals surface area contributed by atoms with Gasteiger partial charge in [-0.1, -0.05) is 31.9 Å². The molecule has 94 valence electrons. The summed E-state index contributed by atoms with van der Waals surface area (Å²) in [5, 5.41) is 11.8. The summed E-state index contributed by atoms with van der Waals surface area (Å²) >= 11 is 0. The van der Waals surface area contributed by atoms with E-state index in [4.69, 9.17) is 5.11 Å². The smallest absolute Gasteiger partial charge is 0.326 e. The van der Waals surface area contributed by atoms with Gasteiger partial charge in [0.1, 0.15) is 11.9 Å². The molecule has 0 amide bonds. The Balaban J connectivity index is 2.82. The summed E-state index contributed by atoms with van der Waals surface area (Å²) in [6, 6.07) is 3.96. The number of hydrogen-bond donors (Lipinski definition) is 2. The zero-order valence-corrected chi connectivity index (χ0v) is 10.2. The molecule has 17 heavy (non-hydrogen) atoms. The predicted molar refractivity (Wildman–Crippen MR) is 65.7 cm³/mol. The third-order valence-electron chi connectivity index (χ3n) is 2.68. The van der Waals surface area contributed by atoms with Gasteiger partial charge in [-0.25, -0.2) is 9.18 Å². The zero-order chi connectivity index (χ0) is 12.8. The number of para-hydroxylation sites is 1. The molecule has 1 unspecified atom stereocenters. The summed E-state index contributed by atoms with van der Waals surface area (Å²) in [6.07, 6.45) is 2.22. The largest absolute Gasteiger partial charge is 0.480 e. The molecule has 0 aliphatic carbocycles. The van der Waals surface area contributed by atoms with Crippen molar-refractivity contribution in [1.29, 1.82) is 0 Å². The summed E-state index contributed by atoms with van der Waals surface area (Å²) in [7, 11) is 0. The summed E-state index contributed by atoms with van der Waals surface area (Å²) in [6.45, 7) is 3.75. The molecule has 2 N–H and O–H groups in total. The standard InChI is InChI=1S/C13H18FNO2/c1-3-4-8-11(13(16)17)15-12-9(2)6-5-7-10(12)14/h5-7,11,15H,3-4,8H2,1-2H3,(H,16,17). The van der Waals surface area contributed by atoms with E-state index in [2.05, 4.69) is 5.32 Å². The van der Waals surface area contributed by atoms with E-state index < -0.39 is 17.8 Å². The lowest BCUT2D eigenvalue weighted by Crippen LogP contribution is -2.29. The Kier molecular flexibility index (Phi) is 4.94. The van der Waals surface area contributed by atoms with Crippen molar-refractivity contribution in [1.82, 2.24) is 0 Å². The van der Waals surface area contributed by atoms with Crippen molar-refractivity contribution in [3.05, 3.63) is 29.6 Å². The van der Waals surface area contributed by atoms with E-state index in [1.807, 2.05) is 6.92 Å². The number of nitrogens with one attached hydrogen (secondary N) is 1. The highest BCUT2D eigenvalue weighted by atomic mass is 19.1. The van der Waals surface area contributed by atoms with Crippen LogP contribution in [0.3, 0.4) is 0 Å². The van der Waals surface area contributed by atoms with E-state index in [1.54, 1.807) is 19.1 Å². The summed E-state index contributed by atoms with van der Waals surface area (Å²) in [5.74, 6) is -1.35. The molecule has 0 spiro atoms. The Morgan fingerprint density at radius 1 is 1.53 bits per heavy atom. The van der Waals surface area contributed by atoms with Gasteiger partial charge in [-0.2, -0.15) is 0 Å². The van der Waals surface area contributed by atoms with Gasteiger partial charge in [0.05, 0.1) is 5.69 Å². The Bertz CT molecular complexity index is 373. The van der Waals surface area contributed by atoms with E-state index >= 15 is 0 Å². The van der Waals surface area contributed by atoms with Crippen molar-refractivity contribution in [2.45, 2.75) is 39.2 Å². The molecule has 4 heteroatoms. The van der Waals surface area contributed by atoms with E-state index in [-0.39, 0.29) is 5.69 Å². The second kappa shape index (κ2) is 6.23. The summed E-state index contributed by atoms with van der Waals surface area (Å²) in [5.41, 5.74) is 1.00. The Morgan fingerprint density at radius 3 is 2.76 bits per heavy atom. The first kappa shape index (κ1) is 13.5. The lowest BCUT2D eigenvalue weighted by atomic mass is 10.1. The molecule has 1 rings (SSSR count). The molecule has 0 heterocycles. The van der Waals surface area contributed by atoms with Crippen molar-refractivity contribution in [3.8, 4) is 0 Å². The topological polar surface area (TPSA) is 49.3 Å². The average molecular weight is 239 g/mol. The maximum atomic E-state index is 13.5. The SMILES string of the molecule is CCCCC(Nc1c(C)cccc1F)C(=O)O. The number of benzene rings is 1. The Hall–Kier alpha value is -1.58. The molecule has 0 fully saturated rings. The highest BCUT2D eigenvalue weighted by Crippen LogP contribution is 2.20. The fourth-order valence-corrected chi connectivity index (χ4v) is 1.65. The lowest BCUT2D eigenvalue weighted by Gasteiger charge is -2.17. The first-order valence-electron chi connectivity index (χ1n) is 5.80. The van der Waals surface area contributed by atoms with Crippen LogP contribution in [0.1, 0.15) is 31.7 Å². The van der Waals surface area contributed by atoms with Crippen molar-refractivity contribution < 1.29 is 14.3 Å². The van der Waals surface area contributed by atoms with Gasteiger partial charge in [-0.15, -0.1) is 0 Å². The van der Waals surface area contributed by atoms with E-state index in [0.717, 1.165) is 12.8 Å². The molecule has 0 aromatic heterocycles. The van der Waals surface area contributed by atoms with E-state index in [0.29, 0.717) is 12.0 Å². The minimum Gasteiger partial charge on any atom is -0.480 e. The predicted octanol–water partition coefficient (Wildman–Crippen LogP) is 3.19. The van der Waals surface area contributed by atoms with Crippen molar-refractivity contribution in [2.24, 2.45) is 0 Å². The maximum absolute atomic E-state index is 13.5. The molecule has 0 saturated carbocycles. The molecule has 1 aromatic rings. The van der Waals surface area contributed by atoms with Crippen LogP contribution in [-0.4, -0.2) is 17.1 Å². The van der Waals surface area contributed by atoms with Gasteiger partial charge in [0.15, 0.2) is 0 Å².